The highest BCUT2D eigenvalue weighted by Gasteiger charge is 2.32. The zero-order valence-corrected chi connectivity index (χ0v) is 21.4. The molecule has 1 aromatic heterocycles. The first-order valence-corrected chi connectivity index (χ1v) is 12.5. The lowest BCUT2D eigenvalue weighted by atomic mass is 9.95. The van der Waals surface area contributed by atoms with Gasteiger partial charge in [0.15, 0.2) is 4.80 Å². The fraction of sp³-hybridized carbons (Fsp3) is 0.107. The number of thiazole rings is 1. The predicted molar refractivity (Wildman–Crippen MR) is 143 cm³/mol. The van der Waals surface area contributed by atoms with E-state index in [0.717, 1.165) is 0 Å². The number of carbonyl (C=O) groups is 1. The van der Waals surface area contributed by atoms with Crippen LogP contribution in [0, 0.1) is 5.82 Å². The summed E-state index contributed by atoms with van der Waals surface area (Å²) in [7, 11) is 1.54. The van der Waals surface area contributed by atoms with Gasteiger partial charge in [0.05, 0.1) is 29.0 Å². The van der Waals surface area contributed by atoms with Crippen molar-refractivity contribution in [3.05, 3.63) is 126 Å². The predicted octanol–water partition coefficient (Wildman–Crippen LogP) is 4.68. The number of methoxy groups -OCH3 is 1. The monoisotopic (exact) mass is 533 g/mol. The van der Waals surface area contributed by atoms with Crippen LogP contribution in [0.15, 0.2) is 93.9 Å². The molecule has 4 aromatic rings. The SMILES string of the molecule is COc1ccc(Cl)cc1/C=c1\sc2n(c1=O)[C@H](c1ccc(F)cc1)C(C(=O)Nc1ccccc1)=C(C)N=2. The Hall–Kier alpha value is -4.01. The lowest BCUT2D eigenvalue weighted by molar-refractivity contribution is -0.113. The molecule has 0 bridgehead atoms. The van der Waals surface area contributed by atoms with E-state index >= 15 is 0 Å². The molecule has 1 N–H and O–H groups in total. The third-order valence-corrected chi connectivity index (χ3v) is 7.18. The zero-order valence-electron chi connectivity index (χ0n) is 19.9. The molecule has 0 saturated heterocycles. The van der Waals surface area contributed by atoms with E-state index < -0.39 is 17.8 Å². The third kappa shape index (κ3) is 4.85. The first-order chi connectivity index (χ1) is 17.9. The van der Waals surface area contributed by atoms with Crippen molar-refractivity contribution in [2.75, 3.05) is 12.4 Å². The van der Waals surface area contributed by atoms with Crippen molar-refractivity contribution in [3.63, 3.8) is 0 Å². The van der Waals surface area contributed by atoms with Crippen LogP contribution < -0.4 is 24.9 Å². The molecule has 2 heterocycles. The van der Waals surface area contributed by atoms with E-state index in [2.05, 4.69) is 10.3 Å². The summed E-state index contributed by atoms with van der Waals surface area (Å²) in [5.74, 6) is -0.253. The van der Waals surface area contributed by atoms with Crippen LogP contribution in [-0.2, 0) is 4.79 Å². The molecule has 6 nitrogen and oxygen atoms in total. The molecule has 0 saturated carbocycles. The average Bonchev–Trinajstić information content (AvgIpc) is 3.18. The molecule has 3 aromatic carbocycles. The number of allylic oxidation sites excluding steroid dienone is 1. The number of benzene rings is 3. The van der Waals surface area contributed by atoms with Gasteiger partial charge in [0.2, 0.25) is 0 Å². The van der Waals surface area contributed by atoms with Crippen molar-refractivity contribution >= 4 is 40.6 Å². The van der Waals surface area contributed by atoms with E-state index in [-0.39, 0.29) is 5.56 Å². The maximum absolute atomic E-state index is 13.8. The summed E-state index contributed by atoms with van der Waals surface area (Å²) in [4.78, 5) is 32.3. The smallest absolute Gasteiger partial charge is 0.271 e. The largest absolute Gasteiger partial charge is 0.496 e. The summed E-state index contributed by atoms with van der Waals surface area (Å²) in [6.07, 6.45) is 1.69. The summed E-state index contributed by atoms with van der Waals surface area (Å²) in [6.45, 7) is 1.73. The highest BCUT2D eigenvalue weighted by Crippen LogP contribution is 2.31. The van der Waals surface area contributed by atoms with E-state index in [0.29, 0.717) is 48.2 Å². The summed E-state index contributed by atoms with van der Waals surface area (Å²) in [5, 5.41) is 3.39. The molecule has 37 heavy (non-hydrogen) atoms. The number of ether oxygens (including phenoxy) is 1. The molecule has 9 heteroatoms. The number of nitrogens with one attached hydrogen (secondary N) is 1. The Balaban J connectivity index is 1.69. The van der Waals surface area contributed by atoms with Gasteiger partial charge in [0.25, 0.3) is 11.5 Å². The Morgan fingerprint density at radius 2 is 1.86 bits per heavy atom. The van der Waals surface area contributed by atoms with E-state index in [9.17, 15) is 14.0 Å². The van der Waals surface area contributed by atoms with E-state index in [1.54, 1.807) is 55.5 Å². The highest BCUT2D eigenvalue weighted by molar-refractivity contribution is 7.07. The van der Waals surface area contributed by atoms with Crippen molar-refractivity contribution < 1.29 is 13.9 Å². The van der Waals surface area contributed by atoms with Crippen LogP contribution >= 0.6 is 22.9 Å². The minimum Gasteiger partial charge on any atom is -0.496 e. The number of halogens is 2. The van der Waals surface area contributed by atoms with Crippen molar-refractivity contribution in [3.8, 4) is 5.75 Å². The quantitative estimate of drug-likeness (QED) is 0.405. The molecule has 0 aliphatic carbocycles. The van der Waals surface area contributed by atoms with Gasteiger partial charge >= 0.3 is 0 Å². The Labute approximate surface area is 220 Å². The van der Waals surface area contributed by atoms with Gasteiger partial charge < -0.3 is 10.1 Å². The second kappa shape index (κ2) is 10.2. The first kappa shape index (κ1) is 24.7. The van der Waals surface area contributed by atoms with Gasteiger partial charge in [-0.1, -0.05) is 53.3 Å². The maximum Gasteiger partial charge on any atom is 0.271 e. The minimum absolute atomic E-state index is 0.301. The average molecular weight is 534 g/mol. The number of rotatable bonds is 5. The number of hydrogen-bond donors (Lipinski definition) is 1. The van der Waals surface area contributed by atoms with Crippen LogP contribution in [0.3, 0.4) is 0 Å². The second-order valence-corrected chi connectivity index (χ2v) is 9.79. The fourth-order valence-corrected chi connectivity index (χ4v) is 5.47. The normalized spacial score (nSPS) is 15.2. The molecule has 1 atom stereocenters. The third-order valence-electron chi connectivity index (χ3n) is 5.96. The number of hydrogen-bond acceptors (Lipinski definition) is 5. The molecule has 1 aliphatic heterocycles. The Morgan fingerprint density at radius 1 is 1.14 bits per heavy atom. The number of amides is 1. The molecule has 0 unspecified atom stereocenters. The van der Waals surface area contributed by atoms with Gasteiger partial charge in [-0.3, -0.25) is 14.2 Å². The standard InChI is InChI=1S/C28H21ClFN3O3S/c1-16-24(26(34)32-21-6-4-3-5-7-21)25(17-8-11-20(30)12-9-17)33-27(35)23(37-28(33)31-16)15-18-14-19(29)10-13-22(18)36-2/h3-15,25H,1-2H3,(H,32,34)/b23-15-/t25-/m1/s1. The Kier molecular flexibility index (Phi) is 6.78. The van der Waals surface area contributed by atoms with Crippen LogP contribution in [0.25, 0.3) is 6.08 Å². The van der Waals surface area contributed by atoms with E-state index in [1.807, 2.05) is 18.2 Å². The maximum atomic E-state index is 13.8. The molecule has 0 radical (unpaired) electrons. The van der Waals surface area contributed by atoms with Crippen LogP contribution in [0.1, 0.15) is 24.1 Å². The number of anilines is 1. The highest BCUT2D eigenvalue weighted by atomic mass is 35.5. The second-order valence-electron chi connectivity index (χ2n) is 8.34. The Bertz CT molecular complexity index is 1710. The van der Waals surface area contributed by atoms with Crippen molar-refractivity contribution in [1.29, 1.82) is 0 Å². The van der Waals surface area contributed by atoms with Gasteiger partial charge in [-0.05, 0) is 61.0 Å². The molecule has 1 amide bonds. The first-order valence-electron chi connectivity index (χ1n) is 11.3. The summed E-state index contributed by atoms with van der Waals surface area (Å²) >= 11 is 7.38. The molecule has 0 spiro atoms. The lowest BCUT2D eigenvalue weighted by Crippen LogP contribution is -2.40. The molecular weight excluding hydrogens is 513 g/mol. The van der Waals surface area contributed by atoms with Gasteiger partial charge in [0, 0.05) is 16.3 Å². The van der Waals surface area contributed by atoms with Crippen LogP contribution in [0.4, 0.5) is 10.1 Å². The molecule has 1 aliphatic rings. The van der Waals surface area contributed by atoms with E-state index in [4.69, 9.17) is 16.3 Å². The summed E-state index contributed by atoms with van der Waals surface area (Å²) in [5.41, 5.74) is 2.26. The topological polar surface area (TPSA) is 72.7 Å². The van der Waals surface area contributed by atoms with Crippen molar-refractivity contribution in [2.45, 2.75) is 13.0 Å². The molecular formula is C28H21ClFN3O3S. The summed E-state index contributed by atoms with van der Waals surface area (Å²) < 4.78 is 21.1. The van der Waals surface area contributed by atoms with Gasteiger partial charge in [-0.25, -0.2) is 9.38 Å². The van der Waals surface area contributed by atoms with Gasteiger partial charge in [0.1, 0.15) is 11.6 Å². The summed E-state index contributed by atoms with van der Waals surface area (Å²) in [6, 6.07) is 19.1. The van der Waals surface area contributed by atoms with Crippen LogP contribution in [0.2, 0.25) is 5.02 Å². The van der Waals surface area contributed by atoms with Gasteiger partial charge in [-0.2, -0.15) is 0 Å². The minimum atomic E-state index is -0.802. The Morgan fingerprint density at radius 3 is 2.57 bits per heavy atom. The van der Waals surface area contributed by atoms with Crippen LogP contribution in [0.5, 0.6) is 5.75 Å². The van der Waals surface area contributed by atoms with Crippen molar-refractivity contribution in [1.82, 2.24) is 4.57 Å². The number of nitrogens with zero attached hydrogens (tertiary/aromatic N) is 2. The molecule has 0 fully saturated rings. The number of carbonyl (C=O) groups excluding carboxylic acids is 1. The van der Waals surface area contributed by atoms with E-state index in [1.165, 1.54) is 35.1 Å². The number of fused-ring (bicyclic) bond motifs is 1. The lowest BCUT2D eigenvalue weighted by Gasteiger charge is -2.25. The van der Waals surface area contributed by atoms with Crippen LogP contribution in [-0.4, -0.2) is 17.6 Å². The number of aromatic nitrogens is 1. The molecule has 186 valence electrons. The fourth-order valence-electron chi connectivity index (χ4n) is 4.25. The number of para-hydroxylation sites is 1. The van der Waals surface area contributed by atoms with Gasteiger partial charge in [-0.15, -0.1) is 0 Å². The van der Waals surface area contributed by atoms with Crippen molar-refractivity contribution in [2.24, 2.45) is 4.99 Å². The zero-order chi connectivity index (χ0) is 26.1. The molecule has 5 rings (SSSR count).